The van der Waals surface area contributed by atoms with Crippen molar-refractivity contribution in [3.8, 4) is 0 Å². The van der Waals surface area contributed by atoms with Crippen LogP contribution in [0.25, 0.3) is 0 Å². The second-order valence-electron chi connectivity index (χ2n) is 8.65. The number of aliphatic imine (C=N–C) groups is 1. The van der Waals surface area contributed by atoms with Crippen molar-refractivity contribution >= 4 is 35.6 Å². The van der Waals surface area contributed by atoms with Crippen molar-refractivity contribution in [1.29, 1.82) is 0 Å². The maximum absolute atomic E-state index is 13.0. The Morgan fingerprint density at radius 2 is 1.46 bits per heavy atom. The van der Waals surface area contributed by atoms with Crippen molar-refractivity contribution in [2.45, 2.75) is 77.5 Å². The van der Waals surface area contributed by atoms with Crippen LogP contribution >= 0.6 is 0 Å². The molecule has 0 aromatic rings. The highest BCUT2D eigenvalue weighted by Gasteiger charge is 2.32. The van der Waals surface area contributed by atoms with Crippen molar-refractivity contribution in [2.75, 3.05) is 6.54 Å². The highest BCUT2D eigenvalue weighted by molar-refractivity contribution is 5.94. The van der Waals surface area contributed by atoms with Gasteiger partial charge in [0.2, 0.25) is 17.7 Å². The van der Waals surface area contributed by atoms with Crippen LogP contribution in [0, 0.1) is 11.8 Å². The first kappa shape index (κ1) is 31.6. The molecule has 35 heavy (non-hydrogen) atoms. The van der Waals surface area contributed by atoms with E-state index >= 15 is 0 Å². The number of carboxylic acids is 2. The summed E-state index contributed by atoms with van der Waals surface area (Å²) >= 11 is 0. The quantitative estimate of drug-likeness (QED) is 0.0661. The predicted octanol–water partition coefficient (Wildman–Crippen LogP) is -1.92. The van der Waals surface area contributed by atoms with Gasteiger partial charge in [0.05, 0.1) is 12.5 Å². The van der Waals surface area contributed by atoms with Gasteiger partial charge < -0.3 is 43.4 Å². The minimum atomic E-state index is -1.70. The predicted molar refractivity (Wildman–Crippen MR) is 128 cm³/mol. The Morgan fingerprint density at radius 1 is 0.886 bits per heavy atom. The third-order valence-electron chi connectivity index (χ3n) is 5.38. The number of carboxylic acid groups (broad SMARTS) is 2. The molecule has 3 amide bonds. The second kappa shape index (κ2) is 15.5. The zero-order valence-electron chi connectivity index (χ0n) is 20.6. The molecule has 0 aromatic heterocycles. The number of amides is 3. The SMILES string of the molecule is CCC(C)C(N)C(=O)NC(C(=O)NC(CCCN=C(N)N)C(=O)NC(CC(=O)O)C(=O)O)C(C)C. The fraction of sp³-hybridized carbons (Fsp3) is 0.714. The van der Waals surface area contributed by atoms with Gasteiger partial charge in [-0.2, -0.15) is 0 Å². The first-order valence-corrected chi connectivity index (χ1v) is 11.4. The van der Waals surface area contributed by atoms with Gasteiger partial charge in [0.15, 0.2) is 5.96 Å². The number of carbonyl (C=O) groups excluding carboxylic acids is 3. The second-order valence-corrected chi connectivity index (χ2v) is 8.65. The van der Waals surface area contributed by atoms with Crippen molar-refractivity contribution in [3.63, 3.8) is 0 Å². The fourth-order valence-electron chi connectivity index (χ4n) is 2.98. The van der Waals surface area contributed by atoms with Crippen molar-refractivity contribution < 1.29 is 34.2 Å². The topological polar surface area (TPSA) is 252 Å². The molecule has 0 heterocycles. The molecular weight excluding hydrogens is 462 g/mol. The molecule has 14 nitrogen and oxygen atoms in total. The van der Waals surface area contributed by atoms with Crippen molar-refractivity contribution in [1.82, 2.24) is 16.0 Å². The number of nitrogens with zero attached hydrogens (tertiary/aromatic N) is 1. The number of rotatable bonds is 16. The van der Waals surface area contributed by atoms with Gasteiger partial charge in [-0.15, -0.1) is 0 Å². The van der Waals surface area contributed by atoms with Crippen LogP contribution in [0.3, 0.4) is 0 Å². The van der Waals surface area contributed by atoms with Crippen LogP contribution in [-0.4, -0.2) is 76.5 Å². The zero-order valence-corrected chi connectivity index (χ0v) is 20.6. The van der Waals surface area contributed by atoms with Gasteiger partial charge in [-0.3, -0.25) is 24.2 Å². The maximum atomic E-state index is 13.0. The highest BCUT2D eigenvalue weighted by Crippen LogP contribution is 2.09. The van der Waals surface area contributed by atoms with E-state index in [2.05, 4.69) is 20.9 Å². The summed E-state index contributed by atoms with van der Waals surface area (Å²) in [5.74, 6) is -5.73. The van der Waals surface area contributed by atoms with E-state index in [1.54, 1.807) is 13.8 Å². The number of aliphatic carboxylic acids is 2. The molecule has 5 atom stereocenters. The molecule has 0 radical (unpaired) electrons. The molecule has 14 heteroatoms. The summed E-state index contributed by atoms with van der Waals surface area (Å²) in [4.78, 5) is 64.4. The summed E-state index contributed by atoms with van der Waals surface area (Å²) in [5.41, 5.74) is 16.5. The van der Waals surface area contributed by atoms with Gasteiger partial charge in [-0.05, 0) is 24.7 Å². The van der Waals surface area contributed by atoms with E-state index in [0.717, 1.165) is 0 Å². The van der Waals surface area contributed by atoms with E-state index < -0.39 is 60.2 Å². The van der Waals surface area contributed by atoms with Crippen LogP contribution in [0.1, 0.15) is 53.4 Å². The molecule has 0 aromatic carbocycles. The Bertz CT molecular complexity index is 784. The molecule has 0 rings (SSSR count). The molecule has 0 saturated heterocycles. The Balaban J connectivity index is 5.62. The Hall–Kier alpha value is -3.42. The minimum absolute atomic E-state index is 0.0128. The third kappa shape index (κ3) is 12.0. The lowest BCUT2D eigenvalue weighted by Gasteiger charge is -2.27. The lowest BCUT2D eigenvalue weighted by Crippen LogP contribution is -2.59. The van der Waals surface area contributed by atoms with Crippen molar-refractivity contribution in [2.24, 2.45) is 34.0 Å². The lowest BCUT2D eigenvalue weighted by molar-refractivity contribution is -0.147. The van der Waals surface area contributed by atoms with Crippen LogP contribution in [0.15, 0.2) is 4.99 Å². The molecule has 0 spiro atoms. The highest BCUT2D eigenvalue weighted by atomic mass is 16.4. The summed E-state index contributed by atoms with van der Waals surface area (Å²) in [6.07, 6.45) is 0.0591. The van der Waals surface area contributed by atoms with Gasteiger partial charge in [0.25, 0.3) is 0 Å². The summed E-state index contributed by atoms with van der Waals surface area (Å²) in [7, 11) is 0. The van der Waals surface area contributed by atoms with Gasteiger partial charge in [0.1, 0.15) is 18.1 Å². The van der Waals surface area contributed by atoms with E-state index in [4.69, 9.17) is 22.3 Å². The van der Waals surface area contributed by atoms with E-state index in [1.165, 1.54) is 0 Å². The largest absolute Gasteiger partial charge is 0.481 e. The van der Waals surface area contributed by atoms with Gasteiger partial charge in [-0.1, -0.05) is 34.1 Å². The number of hydrogen-bond donors (Lipinski definition) is 8. The first-order chi connectivity index (χ1) is 16.2. The lowest BCUT2D eigenvalue weighted by atomic mass is 9.97. The van der Waals surface area contributed by atoms with Crippen LogP contribution in [0.4, 0.5) is 0 Å². The molecule has 0 bridgehead atoms. The Morgan fingerprint density at radius 3 is 1.91 bits per heavy atom. The van der Waals surface area contributed by atoms with Crippen LogP contribution in [0.2, 0.25) is 0 Å². The number of carbonyl (C=O) groups is 5. The minimum Gasteiger partial charge on any atom is -0.481 e. The molecule has 0 aliphatic rings. The number of guanidine groups is 1. The number of nitrogens with two attached hydrogens (primary N) is 3. The van der Waals surface area contributed by atoms with E-state index in [0.29, 0.717) is 6.42 Å². The first-order valence-electron chi connectivity index (χ1n) is 11.4. The molecule has 5 unspecified atom stereocenters. The van der Waals surface area contributed by atoms with E-state index in [-0.39, 0.29) is 37.2 Å². The van der Waals surface area contributed by atoms with E-state index in [9.17, 15) is 29.1 Å². The Kier molecular flexibility index (Phi) is 14.0. The van der Waals surface area contributed by atoms with Gasteiger partial charge in [0, 0.05) is 6.54 Å². The van der Waals surface area contributed by atoms with Crippen molar-refractivity contribution in [3.05, 3.63) is 0 Å². The molecule has 200 valence electrons. The molecule has 11 N–H and O–H groups in total. The monoisotopic (exact) mass is 501 g/mol. The molecule has 0 fully saturated rings. The van der Waals surface area contributed by atoms with Crippen LogP contribution in [-0.2, 0) is 24.0 Å². The average Bonchev–Trinajstić information content (AvgIpc) is 2.76. The van der Waals surface area contributed by atoms with Crippen LogP contribution in [0.5, 0.6) is 0 Å². The van der Waals surface area contributed by atoms with Crippen LogP contribution < -0.4 is 33.2 Å². The maximum Gasteiger partial charge on any atom is 0.326 e. The summed E-state index contributed by atoms with van der Waals surface area (Å²) < 4.78 is 0. The summed E-state index contributed by atoms with van der Waals surface area (Å²) in [5, 5.41) is 25.4. The summed E-state index contributed by atoms with van der Waals surface area (Å²) in [6, 6.07) is -4.81. The fourth-order valence-corrected chi connectivity index (χ4v) is 2.98. The standard InChI is InChI=1S/C21H39N7O7/c1-5-11(4)15(22)18(32)28-16(10(2)3)19(33)26-12(7-6-8-25-21(23)24)17(31)27-13(20(34)35)9-14(29)30/h10-13,15-16H,5-9,22H2,1-4H3,(H,26,33)(H,27,31)(H,28,32)(H,29,30)(H,34,35)(H4,23,24,25). The molecule has 0 aliphatic heterocycles. The Labute approximate surface area is 204 Å². The van der Waals surface area contributed by atoms with Gasteiger partial charge >= 0.3 is 11.9 Å². The third-order valence-corrected chi connectivity index (χ3v) is 5.38. The zero-order chi connectivity index (χ0) is 27.3. The number of nitrogens with one attached hydrogen (secondary N) is 3. The van der Waals surface area contributed by atoms with Gasteiger partial charge in [-0.25, -0.2) is 4.79 Å². The number of hydrogen-bond acceptors (Lipinski definition) is 7. The molecule has 0 aliphatic carbocycles. The molecular formula is C21H39N7O7. The molecule has 0 saturated carbocycles. The normalized spacial score (nSPS) is 15.1. The van der Waals surface area contributed by atoms with E-state index in [1.807, 2.05) is 13.8 Å². The smallest absolute Gasteiger partial charge is 0.326 e. The summed E-state index contributed by atoms with van der Waals surface area (Å²) in [6.45, 7) is 7.21. The average molecular weight is 502 g/mol.